The Labute approximate surface area is 186 Å². The van der Waals surface area contributed by atoms with Crippen molar-refractivity contribution in [3.05, 3.63) is 99.0 Å². The highest BCUT2D eigenvalue weighted by atomic mass is 79.9. The zero-order valence-corrected chi connectivity index (χ0v) is 17.8. The topological polar surface area (TPSA) is 88.0 Å². The predicted octanol–water partition coefficient (Wildman–Crippen LogP) is 4.51. The van der Waals surface area contributed by atoms with Crippen LogP contribution in [0.3, 0.4) is 0 Å². The largest absolute Gasteiger partial charge is 0.422 e. The van der Waals surface area contributed by atoms with E-state index in [1.54, 1.807) is 72.8 Å². The van der Waals surface area contributed by atoms with Gasteiger partial charge in [0, 0.05) is 15.1 Å². The lowest BCUT2D eigenvalue weighted by molar-refractivity contribution is -0.129. The van der Waals surface area contributed by atoms with Crippen molar-refractivity contribution in [2.45, 2.75) is 6.10 Å². The van der Waals surface area contributed by atoms with E-state index in [0.717, 1.165) is 4.47 Å². The first-order valence-corrected chi connectivity index (χ1v) is 9.94. The summed E-state index contributed by atoms with van der Waals surface area (Å²) in [5.74, 6) is -1.00. The fourth-order valence-corrected chi connectivity index (χ4v) is 2.98. The zero-order chi connectivity index (χ0) is 21.5. The molecular formula is C22H16BrClN2O4. The number of aliphatic hydroxyl groups is 1. The molecule has 0 aliphatic heterocycles. The number of benzene rings is 3. The Balaban J connectivity index is 1.71. The van der Waals surface area contributed by atoms with Crippen LogP contribution in [0.25, 0.3) is 0 Å². The van der Waals surface area contributed by atoms with Crippen LogP contribution >= 0.6 is 27.5 Å². The number of halogens is 2. The molecule has 1 atom stereocenters. The van der Waals surface area contributed by atoms with E-state index in [0.29, 0.717) is 21.7 Å². The quantitative estimate of drug-likeness (QED) is 0.232. The second-order valence-corrected chi connectivity index (χ2v) is 7.48. The van der Waals surface area contributed by atoms with E-state index in [-0.39, 0.29) is 5.75 Å². The van der Waals surface area contributed by atoms with E-state index in [1.165, 1.54) is 6.21 Å². The van der Waals surface area contributed by atoms with Gasteiger partial charge in [0.15, 0.2) is 6.10 Å². The number of aliphatic hydroxyl groups excluding tert-OH is 1. The highest BCUT2D eigenvalue weighted by Crippen LogP contribution is 2.23. The van der Waals surface area contributed by atoms with Gasteiger partial charge >= 0.3 is 5.97 Å². The smallest absolute Gasteiger partial charge is 0.343 e. The second kappa shape index (κ2) is 10.2. The third-order valence-corrected chi connectivity index (χ3v) is 4.74. The molecule has 0 fully saturated rings. The molecule has 3 rings (SSSR count). The Morgan fingerprint density at radius 1 is 1.07 bits per heavy atom. The van der Waals surface area contributed by atoms with Crippen molar-refractivity contribution in [1.29, 1.82) is 0 Å². The van der Waals surface area contributed by atoms with Gasteiger partial charge in [-0.3, -0.25) is 4.79 Å². The Morgan fingerprint density at radius 3 is 2.47 bits per heavy atom. The van der Waals surface area contributed by atoms with Crippen LogP contribution in [0.5, 0.6) is 5.75 Å². The molecule has 3 aromatic carbocycles. The third kappa shape index (κ3) is 5.76. The molecule has 0 heterocycles. The maximum Gasteiger partial charge on any atom is 0.343 e. The van der Waals surface area contributed by atoms with Crippen LogP contribution in [0, 0.1) is 0 Å². The van der Waals surface area contributed by atoms with Crippen LogP contribution < -0.4 is 10.2 Å². The first-order chi connectivity index (χ1) is 14.4. The molecule has 30 heavy (non-hydrogen) atoms. The summed E-state index contributed by atoms with van der Waals surface area (Å²) in [6.07, 6.45) is -0.0294. The predicted molar refractivity (Wildman–Crippen MR) is 118 cm³/mol. The van der Waals surface area contributed by atoms with E-state index in [9.17, 15) is 14.7 Å². The summed E-state index contributed by atoms with van der Waals surface area (Å²) >= 11 is 9.18. The van der Waals surface area contributed by atoms with Gasteiger partial charge in [0.2, 0.25) is 0 Å². The van der Waals surface area contributed by atoms with Gasteiger partial charge in [-0.2, -0.15) is 5.10 Å². The standard InChI is InChI=1S/C22H16BrClN2O4/c23-17-8-11-19(30-22(29)15-6-9-18(24)10-7-15)16(12-17)13-25-26-21(28)20(27)14-4-2-1-3-5-14/h1-13,20,27H,(H,26,28)/b25-13+. The summed E-state index contributed by atoms with van der Waals surface area (Å²) in [6.45, 7) is 0. The average molecular weight is 488 g/mol. The van der Waals surface area contributed by atoms with Crippen molar-refractivity contribution in [2.75, 3.05) is 0 Å². The fraction of sp³-hybridized carbons (Fsp3) is 0.0455. The molecule has 8 heteroatoms. The lowest BCUT2D eigenvalue weighted by Crippen LogP contribution is -2.25. The van der Waals surface area contributed by atoms with Gasteiger partial charge in [-0.25, -0.2) is 10.2 Å². The Bertz CT molecular complexity index is 1070. The van der Waals surface area contributed by atoms with Gasteiger partial charge in [0.05, 0.1) is 11.8 Å². The molecule has 0 saturated carbocycles. The number of nitrogens with zero attached hydrogens (tertiary/aromatic N) is 1. The average Bonchev–Trinajstić information content (AvgIpc) is 2.76. The Morgan fingerprint density at radius 2 is 1.77 bits per heavy atom. The van der Waals surface area contributed by atoms with Crippen molar-refractivity contribution in [1.82, 2.24) is 5.43 Å². The summed E-state index contributed by atoms with van der Waals surface area (Å²) in [7, 11) is 0. The van der Waals surface area contributed by atoms with Crippen LogP contribution in [0.2, 0.25) is 5.02 Å². The summed E-state index contributed by atoms with van der Waals surface area (Å²) in [6, 6.07) is 19.8. The molecule has 0 saturated heterocycles. The van der Waals surface area contributed by atoms with E-state index >= 15 is 0 Å². The van der Waals surface area contributed by atoms with Crippen molar-refractivity contribution in [2.24, 2.45) is 5.10 Å². The Kier molecular flexibility index (Phi) is 7.35. The molecule has 0 aliphatic rings. The molecule has 0 aromatic heterocycles. The summed E-state index contributed by atoms with van der Waals surface area (Å²) < 4.78 is 6.17. The van der Waals surface area contributed by atoms with E-state index in [4.69, 9.17) is 16.3 Å². The highest BCUT2D eigenvalue weighted by molar-refractivity contribution is 9.10. The van der Waals surface area contributed by atoms with Crippen LogP contribution in [0.15, 0.2) is 82.4 Å². The summed E-state index contributed by atoms with van der Waals surface area (Å²) in [5.41, 5.74) is 3.51. The number of ether oxygens (including phenoxy) is 1. The lowest BCUT2D eigenvalue weighted by atomic mass is 10.1. The van der Waals surface area contributed by atoms with Crippen LogP contribution in [-0.2, 0) is 4.79 Å². The fourth-order valence-electron chi connectivity index (χ4n) is 2.47. The minimum atomic E-state index is -1.35. The molecule has 3 aromatic rings. The number of amides is 1. The van der Waals surface area contributed by atoms with E-state index in [1.807, 2.05) is 0 Å². The molecule has 1 amide bonds. The molecule has 0 radical (unpaired) electrons. The number of carbonyl (C=O) groups excluding carboxylic acids is 2. The first kappa shape index (κ1) is 21.7. The number of carbonyl (C=O) groups is 2. The van der Waals surface area contributed by atoms with Crippen molar-refractivity contribution in [3.8, 4) is 5.75 Å². The summed E-state index contributed by atoms with van der Waals surface area (Å²) in [4.78, 5) is 24.5. The Hall–Kier alpha value is -3.00. The molecule has 0 aliphatic carbocycles. The number of hydrogen-bond donors (Lipinski definition) is 2. The van der Waals surface area contributed by atoms with Crippen LogP contribution in [-0.4, -0.2) is 23.2 Å². The van der Waals surface area contributed by atoms with Gasteiger partial charge in [-0.15, -0.1) is 0 Å². The van der Waals surface area contributed by atoms with E-state index < -0.39 is 18.0 Å². The van der Waals surface area contributed by atoms with Crippen LogP contribution in [0.1, 0.15) is 27.6 Å². The van der Waals surface area contributed by atoms with Crippen molar-refractivity contribution in [3.63, 3.8) is 0 Å². The van der Waals surface area contributed by atoms with Gasteiger partial charge in [0.25, 0.3) is 5.91 Å². The van der Waals surface area contributed by atoms with E-state index in [2.05, 4.69) is 26.5 Å². The number of rotatable bonds is 6. The molecule has 0 bridgehead atoms. The maximum absolute atomic E-state index is 12.4. The van der Waals surface area contributed by atoms with Gasteiger partial charge in [0.1, 0.15) is 5.75 Å². The number of hydrogen-bond acceptors (Lipinski definition) is 5. The monoisotopic (exact) mass is 486 g/mol. The lowest BCUT2D eigenvalue weighted by Gasteiger charge is -2.10. The van der Waals surface area contributed by atoms with Crippen molar-refractivity contribution < 1.29 is 19.4 Å². The minimum absolute atomic E-state index is 0.250. The molecule has 2 N–H and O–H groups in total. The molecule has 1 unspecified atom stereocenters. The summed E-state index contributed by atoms with van der Waals surface area (Å²) in [5, 5.41) is 14.5. The molecule has 6 nitrogen and oxygen atoms in total. The normalized spacial score (nSPS) is 11.8. The van der Waals surface area contributed by atoms with Crippen LogP contribution in [0.4, 0.5) is 0 Å². The molecule has 152 valence electrons. The van der Waals surface area contributed by atoms with Gasteiger partial charge in [-0.1, -0.05) is 57.9 Å². The minimum Gasteiger partial charge on any atom is -0.422 e. The van der Waals surface area contributed by atoms with Crippen molar-refractivity contribution >= 4 is 45.6 Å². The maximum atomic E-state index is 12.4. The highest BCUT2D eigenvalue weighted by Gasteiger charge is 2.16. The zero-order valence-electron chi connectivity index (χ0n) is 15.5. The van der Waals surface area contributed by atoms with Gasteiger partial charge in [-0.05, 0) is 48.0 Å². The third-order valence-electron chi connectivity index (χ3n) is 4.00. The van der Waals surface area contributed by atoms with Gasteiger partial charge < -0.3 is 9.84 Å². The number of esters is 1. The molecule has 0 spiro atoms. The number of hydrazone groups is 1. The first-order valence-electron chi connectivity index (χ1n) is 8.77. The number of nitrogens with one attached hydrogen (secondary N) is 1. The molecular weight excluding hydrogens is 472 g/mol. The SMILES string of the molecule is O=C(Oc1ccc(Br)cc1/C=N/NC(=O)C(O)c1ccccc1)c1ccc(Cl)cc1. The second-order valence-electron chi connectivity index (χ2n) is 6.13.